The average molecular weight is 554 g/mol. The van der Waals surface area contributed by atoms with E-state index in [9.17, 15) is 35.3 Å². The van der Waals surface area contributed by atoms with Gasteiger partial charge in [-0.1, -0.05) is 20.3 Å². The molecular weight excluding hydrogens is 524 g/mol. The summed E-state index contributed by atoms with van der Waals surface area (Å²) >= 11 is 0. The highest BCUT2D eigenvalue weighted by molar-refractivity contribution is 7.84. The van der Waals surface area contributed by atoms with Crippen molar-refractivity contribution in [2.45, 2.75) is 71.5 Å². The molecule has 7 nitrogen and oxygen atoms in total. The zero-order valence-electron chi connectivity index (χ0n) is 21.0. The number of alkyl halides is 3. The molecule has 1 aromatic heterocycles. The lowest BCUT2D eigenvalue weighted by atomic mass is 10.1. The maximum Gasteiger partial charge on any atom is 0.451 e. The molecule has 0 saturated carbocycles. The van der Waals surface area contributed by atoms with Gasteiger partial charge < -0.3 is 14.2 Å². The van der Waals surface area contributed by atoms with E-state index in [1.54, 1.807) is 20.8 Å². The van der Waals surface area contributed by atoms with Crippen molar-refractivity contribution < 1.29 is 35.3 Å². The van der Waals surface area contributed by atoms with E-state index >= 15 is 0 Å². The van der Waals surface area contributed by atoms with Crippen LogP contribution in [0.5, 0.6) is 0 Å². The van der Waals surface area contributed by atoms with Gasteiger partial charge in [-0.05, 0) is 32.4 Å². The molecule has 1 amide bonds. The van der Waals surface area contributed by atoms with Crippen molar-refractivity contribution in [1.29, 1.82) is 0 Å². The second-order valence-corrected chi connectivity index (χ2v) is 11.2. The summed E-state index contributed by atoms with van der Waals surface area (Å²) in [5, 5.41) is 6.65. The summed E-state index contributed by atoms with van der Waals surface area (Å²) in [7, 11) is -1.75. The fourth-order valence-electron chi connectivity index (χ4n) is 3.09. The summed E-state index contributed by atoms with van der Waals surface area (Å²) in [4.78, 5) is 14.0. The first-order valence-electron chi connectivity index (χ1n) is 11.4. The van der Waals surface area contributed by atoms with E-state index in [2.05, 4.69) is 28.8 Å². The van der Waals surface area contributed by atoms with Crippen molar-refractivity contribution >= 4 is 16.9 Å². The van der Waals surface area contributed by atoms with Gasteiger partial charge >= 0.3 is 6.18 Å². The van der Waals surface area contributed by atoms with E-state index in [0.29, 0.717) is 12.1 Å². The van der Waals surface area contributed by atoms with Crippen LogP contribution >= 0.6 is 0 Å². The number of hydrogen-bond acceptors (Lipinski definition) is 4. The van der Waals surface area contributed by atoms with E-state index < -0.39 is 57.5 Å². The number of halogens is 6. The van der Waals surface area contributed by atoms with Crippen LogP contribution in [-0.4, -0.2) is 41.1 Å². The molecule has 3 rings (SSSR count). The smallest absolute Gasteiger partial charge is 0.330 e. The number of carbonyl (C=O) groups excluding carboxylic acids is 1. The maximum absolute atomic E-state index is 14.2. The Bertz CT molecular complexity index is 1170. The lowest BCUT2D eigenvalue weighted by molar-refractivity contribution is -0.148. The number of amides is 1. The van der Waals surface area contributed by atoms with Gasteiger partial charge in [0.05, 0.1) is 11.3 Å². The summed E-state index contributed by atoms with van der Waals surface area (Å²) < 4.78 is 95.4. The first-order valence-corrected chi connectivity index (χ1v) is 12.5. The standard InChI is InChI=1S/C20H21F6N5O2S.C3H8/c1-19(2,3)34(33)29-12(6-11-7-14(22)15(23)9-13(11)21)8-17(32)30-4-5-31-16(10-30)27-28-18(31)20(24,25)26;1-3-2/h7-9,29H,4-6,10H2,1-3H3;3H2,1-2H3/b12-8-;. The van der Waals surface area contributed by atoms with Crippen LogP contribution in [0.25, 0.3) is 0 Å². The second kappa shape index (κ2) is 12.1. The first kappa shape index (κ1) is 30.3. The number of carbonyl (C=O) groups is 1. The van der Waals surface area contributed by atoms with Crippen molar-refractivity contribution in [2.75, 3.05) is 6.54 Å². The fourth-order valence-corrected chi connectivity index (χ4v) is 3.76. The monoisotopic (exact) mass is 553 g/mol. The minimum Gasteiger partial charge on any atom is -0.330 e. The number of aromatic nitrogens is 3. The third kappa shape index (κ3) is 8.04. The lowest BCUT2D eigenvalue weighted by Crippen LogP contribution is -2.39. The van der Waals surface area contributed by atoms with Crippen molar-refractivity contribution in [3.63, 3.8) is 0 Å². The minimum absolute atomic E-state index is 0.0498. The largest absolute Gasteiger partial charge is 0.451 e. The molecule has 1 atom stereocenters. The fraction of sp³-hybridized carbons (Fsp3) is 0.522. The summed E-state index contributed by atoms with van der Waals surface area (Å²) in [5.41, 5.74) is -0.337. The lowest BCUT2D eigenvalue weighted by Gasteiger charge is -2.27. The molecule has 0 saturated heterocycles. The van der Waals surface area contributed by atoms with Gasteiger partial charge in [-0.2, -0.15) is 13.2 Å². The Morgan fingerprint density at radius 1 is 1.05 bits per heavy atom. The van der Waals surface area contributed by atoms with Gasteiger partial charge in [0, 0.05) is 37.3 Å². The van der Waals surface area contributed by atoms with Crippen LogP contribution in [0.3, 0.4) is 0 Å². The normalized spacial score (nSPS) is 15.0. The van der Waals surface area contributed by atoms with Gasteiger partial charge in [0.2, 0.25) is 11.7 Å². The van der Waals surface area contributed by atoms with Gasteiger partial charge in [-0.25, -0.2) is 17.4 Å². The summed E-state index contributed by atoms with van der Waals surface area (Å²) in [6.07, 6.45) is -2.86. The number of benzene rings is 1. The van der Waals surface area contributed by atoms with Crippen molar-refractivity contribution in [3.05, 3.63) is 58.6 Å². The average Bonchev–Trinajstić information content (AvgIpc) is 3.21. The number of allylic oxidation sites excluding steroid dienone is 1. The van der Waals surface area contributed by atoms with Gasteiger partial charge in [0.15, 0.2) is 17.5 Å². The Hall–Kier alpha value is -2.90. The van der Waals surface area contributed by atoms with Crippen LogP contribution in [0.4, 0.5) is 26.3 Å². The van der Waals surface area contributed by atoms with Gasteiger partial charge in [0.1, 0.15) is 16.8 Å². The highest BCUT2D eigenvalue weighted by atomic mass is 32.2. The number of nitrogens with one attached hydrogen (secondary N) is 1. The predicted molar refractivity (Wildman–Crippen MR) is 126 cm³/mol. The molecule has 2 heterocycles. The molecule has 206 valence electrons. The molecule has 1 N–H and O–H groups in total. The Labute approximate surface area is 213 Å². The quantitative estimate of drug-likeness (QED) is 0.332. The van der Waals surface area contributed by atoms with Crippen LogP contribution in [0.2, 0.25) is 0 Å². The number of nitrogens with zero attached hydrogens (tertiary/aromatic N) is 4. The zero-order valence-corrected chi connectivity index (χ0v) is 21.9. The van der Waals surface area contributed by atoms with E-state index in [-0.39, 0.29) is 36.7 Å². The highest BCUT2D eigenvalue weighted by Gasteiger charge is 2.39. The van der Waals surface area contributed by atoms with E-state index in [0.717, 1.165) is 10.6 Å². The van der Waals surface area contributed by atoms with E-state index in [1.165, 1.54) is 11.3 Å². The molecule has 1 aromatic carbocycles. The molecule has 2 aromatic rings. The molecule has 0 fully saturated rings. The van der Waals surface area contributed by atoms with Crippen LogP contribution in [0.15, 0.2) is 23.9 Å². The third-order valence-electron chi connectivity index (χ3n) is 4.87. The molecule has 1 aliphatic rings. The Balaban J connectivity index is 0.00000153. The number of rotatable bonds is 5. The van der Waals surface area contributed by atoms with Crippen molar-refractivity contribution in [3.8, 4) is 0 Å². The first-order chi connectivity index (χ1) is 17.1. The Morgan fingerprint density at radius 2 is 1.65 bits per heavy atom. The molecule has 0 radical (unpaired) electrons. The van der Waals surface area contributed by atoms with Crippen LogP contribution in [0, 0.1) is 17.5 Å². The van der Waals surface area contributed by atoms with E-state index in [1.807, 2.05) is 0 Å². The highest BCUT2D eigenvalue weighted by Crippen LogP contribution is 2.29. The van der Waals surface area contributed by atoms with Gasteiger partial charge in [-0.3, -0.25) is 4.79 Å². The Morgan fingerprint density at radius 3 is 2.22 bits per heavy atom. The molecule has 1 unspecified atom stereocenters. The van der Waals surface area contributed by atoms with Crippen LogP contribution in [0.1, 0.15) is 58.3 Å². The zero-order chi connectivity index (χ0) is 28.1. The second-order valence-electron chi connectivity index (χ2n) is 9.24. The maximum atomic E-state index is 14.2. The molecule has 0 spiro atoms. The molecule has 1 aliphatic heterocycles. The van der Waals surface area contributed by atoms with Crippen molar-refractivity contribution in [1.82, 2.24) is 24.4 Å². The summed E-state index contributed by atoms with van der Waals surface area (Å²) in [6.45, 7) is 8.60. The third-order valence-corrected chi connectivity index (χ3v) is 6.43. The molecule has 0 aliphatic carbocycles. The number of fused-ring (bicyclic) bond motifs is 1. The molecular formula is C23H29F6N5O2S. The molecule has 14 heteroatoms. The van der Waals surface area contributed by atoms with Gasteiger partial charge in [-0.15, -0.1) is 10.2 Å². The molecule has 0 bridgehead atoms. The van der Waals surface area contributed by atoms with Crippen LogP contribution in [-0.2, 0) is 41.5 Å². The van der Waals surface area contributed by atoms with Gasteiger partial charge in [0.25, 0.3) is 0 Å². The summed E-state index contributed by atoms with van der Waals surface area (Å²) in [6, 6.07) is 0.993. The van der Waals surface area contributed by atoms with Crippen LogP contribution < -0.4 is 4.72 Å². The minimum atomic E-state index is -4.69. The molecule has 37 heavy (non-hydrogen) atoms. The SMILES string of the molecule is CC(C)(C)S(=O)N/C(=C\C(=O)N1CCn2c(nnc2C(F)(F)F)C1)Cc1cc(F)c(F)cc1F.CCC. The Kier molecular flexibility index (Phi) is 9.91. The predicted octanol–water partition coefficient (Wildman–Crippen LogP) is 4.65. The topological polar surface area (TPSA) is 80.1 Å². The number of hydrogen-bond donors (Lipinski definition) is 1. The van der Waals surface area contributed by atoms with E-state index in [4.69, 9.17) is 0 Å². The summed E-state index contributed by atoms with van der Waals surface area (Å²) in [5.74, 6) is -5.66. The van der Waals surface area contributed by atoms with Crippen molar-refractivity contribution in [2.24, 2.45) is 0 Å².